The van der Waals surface area contributed by atoms with Gasteiger partial charge in [0.05, 0.1) is 6.54 Å². The summed E-state index contributed by atoms with van der Waals surface area (Å²) < 4.78 is 33.8. The van der Waals surface area contributed by atoms with Gasteiger partial charge in [0.1, 0.15) is 0 Å². The fourth-order valence-corrected chi connectivity index (χ4v) is 1.42. The molecule has 0 aromatic heterocycles. The maximum atomic E-state index is 10.7. The Balaban J connectivity index is 2.66. The third-order valence-corrected chi connectivity index (χ3v) is 2.30. The summed E-state index contributed by atoms with van der Waals surface area (Å²) in [7, 11) is -3.06. The second-order valence-electron chi connectivity index (χ2n) is 2.07. The molecule has 0 saturated carbocycles. The smallest absolute Gasteiger partial charge is 0.362 e. The van der Waals surface area contributed by atoms with Crippen LogP contribution in [-0.2, 0) is 19.8 Å². The lowest BCUT2D eigenvalue weighted by molar-refractivity contribution is -0.150. The predicted molar refractivity (Wildman–Crippen MR) is 34.1 cm³/mol. The maximum absolute atomic E-state index is 10.7. The molecule has 1 heterocycles. The maximum Gasteiger partial charge on any atom is 0.362 e. The molecule has 1 aliphatic heterocycles. The first-order valence-electron chi connectivity index (χ1n) is 2.78. The van der Waals surface area contributed by atoms with E-state index in [9.17, 15) is 13.2 Å². The quantitative estimate of drug-likeness (QED) is 0.420. The minimum Gasteiger partial charge on any atom is -0.370 e. The van der Waals surface area contributed by atoms with Crippen LogP contribution in [0.25, 0.3) is 0 Å². The van der Waals surface area contributed by atoms with Crippen molar-refractivity contribution in [1.82, 2.24) is 4.31 Å². The van der Waals surface area contributed by atoms with Gasteiger partial charge < -0.3 is 4.74 Å². The topological polar surface area (TPSA) is 83.9 Å². The Morgan fingerprint density at radius 3 is 2.55 bits per heavy atom. The zero-order valence-electron chi connectivity index (χ0n) is 5.72. The van der Waals surface area contributed by atoms with Crippen LogP contribution in [0.5, 0.6) is 0 Å². The van der Waals surface area contributed by atoms with Gasteiger partial charge in [-0.15, -0.1) is 0 Å². The van der Waals surface area contributed by atoms with Gasteiger partial charge in [-0.2, -0.15) is 8.42 Å². The molecule has 0 aliphatic carbocycles. The van der Waals surface area contributed by atoms with E-state index in [0.29, 0.717) is 4.31 Å². The number of carbonyl (C=O) groups excluding carboxylic acids is 1. The first-order chi connectivity index (χ1) is 4.96. The summed E-state index contributed by atoms with van der Waals surface area (Å²) in [5, 5.41) is 0. The SMILES string of the molecule is CO[C@@H]1CN(S(=O)(=O)O)C1=O. The molecule has 64 valence electrons. The summed E-state index contributed by atoms with van der Waals surface area (Å²) in [5.74, 6) is -0.727. The Morgan fingerprint density at radius 2 is 2.27 bits per heavy atom. The molecule has 11 heavy (non-hydrogen) atoms. The molecule has 7 heteroatoms. The van der Waals surface area contributed by atoms with Crippen LogP contribution in [0.4, 0.5) is 0 Å². The zero-order valence-corrected chi connectivity index (χ0v) is 6.54. The molecule has 1 amide bonds. The normalized spacial score (nSPS) is 25.1. The van der Waals surface area contributed by atoms with Crippen LogP contribution in [-0.4, -0.2) is 42.9 Å². The van der Waals surface area contributed by atoms with E-state index in [1.165, 1.54) is 7.11 Å². The third-order valence-electron chi connectivity index (χ3n) is 1.42. The van der Waals surface area contributed by atoms with Gasteiger partial charge in [-0.1, -0.05) is 0 Å². The molecule has 0 spiro atoms. The van der Waals surface area contributed by atoms with E-state index in [2.05, 4.69) is 4.74 Å². The van der Waals surface area contributed by atoms with Gasteiger partial charge >= 0.3 is 10.3 Å². The van der Waals surface area contributed by atoms with Crippen LogP contribution in [0, 0.1) is 0 Å². The van der Waals surface area contributed by atoms with Crippen LogP contribution in [0.15, 0.2) is 0 Å². The molecule has 0 radical (unpaired) electrons. The van der Waals surface area contributed by atoms with Gasteiger partial charge in [0.25, 0.3) is 5.91 Å². The van der Waals surface area contributed by atoms with Crippen LogP contribution in [0.2, 0.25) is 0 Å². The largest absolute Gasteiger partial charge is 0.370 e. The molecule has 0 aromatic carbocycles. The summed E-state index contributed by atoms with van der Waals surface area (Å²) in [6, 6.07) is 0. The zero-order chi connectivity index (χ0) is 8.65. The number of hydrogen-bond acceptors (Lipinski definition) is 4. The van der Waals surface area contributed by atoms with Crippen molar-refractivity contribution in [2.45, 2.75) is 6.10 Å². The van der Waals surface area contributed by atoms with E-state index in [0.717, 1.165) is 0 Å². The van der Waals surface area contributed by atoms with Crippen molar-refractivity contribution in [3.8, 4) is 0 Å². The van der Waals surface area contributed by atoms with Crippen LogP contribution in [0.1, 0.15) is 0 Å². The summed E-state index contributed by atoms with van der Waals surface area (Å²) >= 11 is 0. The lowest BCUT2D eigenvalue weighted by Crippen LogP contribution is -2.59. The molecular formula is C4H7NO5S. The lowest BCUT2D eigenvalue weighted by atomic mass is 10.2. The van der Waals surface area contributed by atoms with Crippen LogP contribution >= 0.6 is 0 Å². The Labute approximate surface area is 63.6 Å². The first kappa shape index (κ1) is 8.44. The third kappa shape index (κ3) is 1.35. The highest BCUT2D eigenvalue weighted by molar-refractivity contribution is 7.84. The Hall–Kier alpha value is -0.660. The van der Waals surface area contributed by atoms with E-state index in [1.54, 1.807) is 0 Å². The molecule has 1 saturated heterocycles. The molecular weight excluding hydrogens is 174 g/mol. The second-order valence-corrected chi connectivity index (χ2v) is 3.41. The lowest BCUT2D eigenvalue weighted by Gasteiger charge is -2.33. The molecule has 0 aromatic rings. The summed E-state index contributed by atoms with van der Waals surface area (Å²) in [6.45, 7) is -0.103. The van der Waals surface area contributed by atoms with E-state index in [4.69, 9.17) is 4.55 Å². The van der Waals surface area contributed by atoms with E-state index in [1.807, 2.05) is 0 Å². The van der Waals surface area contributed by atoms with Crippen molar-refractivity contribution in [1.29, 1.82) is 0 Å². The van der Waals surface area contributed by atoms with Crippen molar-refractivity contribution in [3.05, 3.63) is 0 Å². The molecule has 0 bridgehead atoms. The number of methoxy groups -OCH3 is 1. The van der Waals surface area contributed by atoms with E-state index in [-0.39, 0.29) is 6.54 Å². The number of hydrogen-bond donors (Lipinski definition) is 1. The Kier molecular flexibility index (Phi) is 1.87. The number of rotatable bonds is 2. The standard InChI is InChI=1S/C4H7NO5S/c1-10-3-2-5(4(3)6)11(7,8)9/h3H,2H2,1H3,(H,7,8,9)/t3-/m1/s1. The van der Waals surface area contributed by atoms with Gasteiger partial charge in [0.2, 0.25) is 0 Å². The average Bonchev–Trinajstić information content (AvgIpc) is 1.83. The van der Waals surface area contributed by atoms with Gasteiger partial charge in [-0.3, -0.25) is 9.35 Å². The molecule has 1 atom stereocenters. The van der Waals surface area contributed by atoms with Crippen LogP contribution in [0.3, 0.4) is 0 Å². The summed E-state index contributed by atoms with van der Waals surface area (Å²) in [6.07, 6.45) is -0.725. The van der Waals surface area contributed by atoms with Gasteiger partial charge in [0, 0.05) is 7.11 Å². The fourth-order valence-electron chi connectivity index (χ4n) is 0.750. The number of nitrogens with zero attached hydrogens (tertiary/aromatic N) is 1. The molecule has 6 nitrogen and oxygen atoms in total. The molecule has 0 unspecified atom stereocenters. The first-order valence-corrected chi connectivity index (χ1v) is 4.18. The molecule has 1 rings (SSSR count). The van der Waals surface area contributed by atoms with E-state index >= 15 is 0 Å². The minimum atomic E-state index is -4.35. The monoisotopic (exact) mass is 181 g/mol. The highest BCUT2D eigenvalue weighted by Gasteiger charge is 2.43. The number of amides is 1. The van der Waals surface area contributed by atoms with Crippen molar-refractivity contribution in [2.75, 3.05) is 13.7 Å². The number of ether oxygens (including phenoxy) is 1. The average molecular weight is 181 g/mol. The number of β-lactam (4-membered cyclic amide) rings is 1. The number of carbonyl (C=O) groups is 1. The van der Waals surface area contributed by atoms with Gasteiger partial charge in [-0.05, 0) is 0 Å². The molecule has 1 fully saturated rings. The highest BCUT2D eigenvalue weighted by Crippen LogP contribution is 2.15. The Morgan fingerprint density at radius 1 is 1.73 bits per heavy atom. The summed E-state index contributed by atoms with van der Waals surface area (Å²) in [4.78, 5) is 10.7. The van der Waals surface area contributed by atoms with Crippen molar-refractivity contribution < 1.29 is 22.5 Å². The highest BCUT2D eigenvalue weighted by atomic mass is 32.2. The van der Waals surface area contributed by atoms with Crippen molar-refractivity contribution >= 4 is 16.2 Å². The van der Waals surface area contributed by atoms with Gasteiger partial charge in [0.15, 0.2) is 6.10 Å². The second kappa shape index (κ2) is 2.43. The fraction of sp³-hybridized carbons (Fsp3) is 0.750. The van der Waals surface area contributed by atoms with E-state index < -0.39 is 22.3 Å². The molecule has 1 N–H and O–H groups in total. The minimum absolute atomic E-state index is 0.103. The predicted octanol–water partition coefficient (Wildman–Crippen LogP) is -1.35. The summed E-state index contributed by atoms with van der Waals surface area (Å²) in [5.41, 5.74) is 0. The van der Waals surface area contributed by atoms with Crippen molar-refractivity contribution in [3.63, 3.8) is 0 Å². The van der Waals surface area contributed by atoms with Gasteiger partial charge in [-0.25, -0.2) is 4.31 Å². The Bertz CT molecular complexity index is 270. The van der Waals surface area contributed by atoms with Crippen molar-refractivity contribution in [2.24, 2.45) is 0 Å². The van der Waals surface area contributed by atoms with Crippen LogP contribution < -0.4 is 0 Å². The molecule has 1 aliphatic rings.